The van der Waals surface area contributed by atoms with Gasteiger partial charge in [-0.05, 0) is 31.5 Å². The van der Waals surface area contributed by atoms with E-state index in [0.717, 1.165) is 5.57 Å². The average Bonchev–Trinajstić information content (AvgIpc) is 3.12. The molecule has 2 rings (SSSR count). The van der Waals surface area contributed by atoms with E-state index in [2.05, 4.69) is 25.1 Å². The predicted octanol–water partition coefficient (Wildman–Crippen LogP) is 4.07. The fourth-order valence-electron chi connectivity index (χ4n) is 1.89. The van der Waals surface area contributed by atoms with Crippen LogP contribution < -0.4 is 5.32 Å². The van der Waals surface area contributed by atoms with Crippen molar-refractivity contribution < 1.29 is 14.2 Å². The average molecular weight is 363 g/mol. The van der Waals surface area contributed by atoms with Crippen LogP contribution in [-0.4, -0.2) is 27.0 Å². The molecule has 0 saturated carbocycles. The topological polar surface area (TPSA) is 93.2 Å². The van der Waals surface area contributed by atoms with Crippen LogP contribution in [0.2, 0.25) is 5.28 Å². The number of anilines is 1. The molecule has 0 unspecified atom stereocenters. The Kier molecular flexibility index (Phi) is 6.41. The molecule has 9 heteroatoms. The second kappa shape index (κ2) is 8.74. The van der Waals surface area contributed by atoms with Crippen LogP contribution in [0.4, 0.5) is 11.5 Å². The first kappa shape index (κ1) is 18.3. The molecule has 0 aliphatic heterocycles. The SMILES string of the molecule is C\C=C/C=C(\C=C(/C)Nc1nc(Cl)ncc1[N+](=O)OC)c1cnco1. The lowest BCUT2D eigenvalue weighted by molar-refractivity contribution is -0.736. The molecule has 1 N–H and O–H groups in total. The van der Waals surface area contributed by atoms with Crippen LogP contribution in [0.3, 0.4) is 0 Å². The van der Waals surface area contributed by atoms with Crippen molar-refractivity contribution in [3.63, 3.8) is 0 Å². The third kappa shape index (κ3) is 4.98. The van der Waals surface area contributed by atoms with E-state index in [4.69, 9.17) is 16.0 Å². The third-order valence-electron chi connectivity index (χ3n) is 2.98. The molecule has 2 aromatic heterocycles. The van der Waals surface area contributed by atoms with Gasteiger partial charge in [-0.15, -0.1) is 0 Å². The van der Waals surface area contributed by atoms with Gasteiger partial charge in [0, 0.05) is 11.3 Å². The molecule has 0 radical (unpaired) electrons. The summed E-state index contributed by atoms with van der Waals surface area (Å²) >= 11 is 5.82. The molecule has 0 spiro atoms. The Morgan fingerprint density at radius 1 is 1.44 bits per heavy atom. The zero-order valence-electron chi connectivity index (χ0n) is 13.9. The van der Waals surface area contributed by atoms with Crippen molar-refractivity contribution >= 4 is 28.7 Å². The monoisotopic (exact) mass is 362 g/mol. The molecule has 0 bridgehead atoms. The second-order valence-electron chi connectivity index (χ2n) is 4.78. The van der Waals surface area contributed by atoms with E-state index in [-0.39, 0.29) is 16.8 Å². The Morgan fingerprint density at radius 2 is 2.24 bits per heavy atom. The molecule has 2 heterocycles. The first-order valence-electron chi connectivity index (χ1n) is 7.26. The van der Waals surface area contributed by atoms with E-state index in [9.17, 15) is 4.91 Å². The molecule has 0 amide bonds. The van der Waals surface area contributed by atoms with Gasteiger partial charge in [0.05, 0.1) is 11.1 Å². The minimum Gasteiger partial charge on any atom is -0.444 e. The van der Waals surface area contributed by atoms with E-state index in [1.165, 1.54) is 19.7 Å². The summed E-state index contributed by atoms with van der Waals surface area (Å²) < 4.78 is 5.33. The first-order chi connectivity index (χ1) is 12.0. The number of hydrogen-bond donors (Lipinski definition) is 1. The minimum absolute atomic E-state index is 0.00321. The van der Waals surface area contributed by atoms with Crippen LogP contribution in [0.15, 0.2) is 53.2 Å². The van der Waals surface area contributed by atoms with Gasteiger partial charge in [0.2, 0.25) is 11.1 Å². The summed E-state index contributed by atoms with van der Waals surface area (Å²) in [5, 5.41) is 3.02. The molecular weight excluding hydrogens is 346 g/mol. The maximum Gasteiger partial charge on any atom is 0.377 e. The molecule has 130 valence electrons. The van der Waals surface area contributed by atoms with E-state index in [1.807, 2.05) is 38.2 Å². The van der Waals surface area contributed by atoms with Gasteiger partial charge in [-0.3, -0.25) is 0 Å². The Bertz CT molecular complexity index is 828. The highest BCUT2D eigenvalue weighted by molar-refractivity contribution is 6.28. The number of aromatic nitrogens is 3. The summed E-state index contributed by atoms with van der Waals surface area (Å²) in [6, 6.07) is 0. The van der Waals surface area contributed by atoms with Gasteiger partial charge in [-0.1, -0.05) is 18.2 Å². The largest absolute Gasteiger partial charge is 0.444 e. The van der Waals surface area contributed by atoms with Crippen LogP contribution in [-0.2, 0) is 4.84 Å². The van der Waals surface area contributed by atoms with Gasteiger partial charge in [-0.25, -0.2) is 14.8 Å². The van der Waals surface area contributed by atoms with Crippen molar-refractivity contribution in [2.45, 2.75) is 13.8 Å². The first-order valence-corrected chi connectivity index (χ1v) is 7.64. The summed E-state index contributed by atoms with van der Waals surface area (Å²) in [5.41, 5.74) is 1.57. The summed E-state index contributed by atoms with van der Waals surface area (Å²) in [5.74, 6) is 0.816. The summed E-state index contributed by atoms with van der Waals surface area (Å²) in [6.07, 6.45) is 11.7. The highest BCUT2D eigenvalue weighted by atomic mass is 35.5. The van der Waals surface area contributed by atoms with Gasteiger partial charge < -0.3 is 9.73 Å². The Balaban J connectivity index is 2.34. The maximum atomic E-state index is 11.7. The van der Waals surface area contributed by atoms with Crippen LogP contribution >= 0.6 is 11.6 Å². The number of allylic oxidation sites excluding steroid dienone is 6. The normalized spacial score (nSPS) is 12.5. The van der Waals surface area contributed by atoms with Crippen molar-refractivity contribution in [1.29, 1.82) is 0 Å². The molecule has 0 aliphatic carbocycles. The molecule has 25 heavy (non-hydrogen) atoms. The highest BCUT2D eigenvalue weighted by Gasteiger charge is 2.23. The minimum atomic E-state index is 0.00321. The quantitative estimate of drug-likeness (QED) is 0.451. The number of oxazole rings is 1. The Hall–Kier alpha value is -3.00. The van der Waals surface area contributed by atoms with Crippen molar-refractivity contribution in [2.75, 3.05) is 12.4 Å². The lowest BCUT2D eigenvalue weighted by Gasteiger charge is -2.06. The predicted molar refractivity (Wildman–Crippen MR) is 94.0 cm³/mol. The van der Waals surface area contributed by atoms with Gasteiger partial charge in [-0.2, -0.15) is 4.98 Å². The number of hydrogen-bond acceptors (Lipinski definition) is 7. The molecule has 0 aromatic carbocycles. The van der Waals surface area contributed by atoms with E-state index in [0.29, 0.717) is 16.4 Å². The van der Waals surface area contributed by atoms with Crippen LogP contribution in [0, 0.1) is 4.91 Å². The third-order valence-corrected chi connectivity index (χ3v) is 3.16. The zero-order valence-corrected chi connectivity index (χ0v) is 14.7. The Morgan fingerprint density at radius 3 is 2.88 bits per heavy atom. The smallest absolute Gasteiger partial charge is 0.377 e. The molecule has 8 nitrogen and oxygen atoms in total. The van der Waals surface area contributed by atoms with Crippen molar-refractivity contribution in [1.82, 2.24) is 15.0 Å². The number of rotatable bonds is 7. The van der Waals surface area contributed by atoms with Crippen molar-refractivity contribution in [3.05, 3.63) is 64.7 Å². The molecule has 2 aromatic rings. The maximum absolute atomic E-state index is 11.7. The van der Waals surface area contributed by atoms with Crippen LogP contribution in [0.25, 0.3) is 5.57 Å². The van der Waals surface area contributed by atoms with Crippen LogP contribution in [0.5, 0.6) is 0 Å². The van der Waals surface area contributed by atoms with E-state index < -0.39 is 0 Å². The summed E-state index contributed by atoms with van der Waals surface area (Å²) in [7, 11) is 1.25. The standard InChI is InChI=1S/C16H17ClN5O3/c1-4-5-6-12(14-9-18-10-25-14)7-11(2)20-15-13(22(23)24-3)8-19-16(17)21-15/h4-10H,1-3H3,(H,19,20,21)/q+1/b5-4-,11-7+,12-6+. The second-order valence-corrected chi connectivity index (χ2v) is 5.12. The number of halogens is 1. The molecule has 0 saturated heterocycles. The van der Waals surface area contributed by atoms with Gasteiger partial charge in [0.1, 0.15) is 6.20 Å². The van der Waals surface area contributed by atoms with Crippen LogP contribution in [0.1, 0.15) is 19.6 Å². The lowest BCUT2D eigenvalue weighted by Crippen LogP contribution is -2.07. The lowest BCUT2D eigenvalue weighted by atomic mass is 10.1. The Labute approximate surface area is 149 Å². The van der Waals surface area contributed by atoms with Crippen molar-refractivity contribution in [2.24, 2.45) is 0 Å². The zero-order chi connectivity index (χ0) is 18.2. The van der Waals surface area contributed by atoms with Gasteiger partial charge in [0.25, 0.3) is 4.92 Å². The van der Waals surface area contributed by atoms with E-state index in [1.54, 1.807) is 6.20 Å². The molecule has 0 atom stereocenters. The molecule has 0 aliphatic rings. The van der Waals surface area contributed by atoms with Gasteiger partial charge in [0.15, 0.2) is 19.3 Å². The van der Waals surface area contributed by atoms with Gasteiger partial charge >= 0.3 is 5.69 Å². The fourth-order valence-corrected chi connectivity index (χ4v) is 2.03. The van der Waals surface area contributed by atoms with E-state index >= 15 is 0 Å². The fraction of sp³-hybridized carbons (Fsp3) is 0.188. The summed E-state index contributed by atoms with van der Waals surface area (Å²) in [4.78, 5) is 28.4. The molecular formula is C16H17ClN5O3+. The summed E-state index contributed by atoms with van der Waals surface area (Å²) in [6.45, 7) is 3.72. The highest BCUT2D eigenvalue weighted by Crippen LogP contribution is 2.25. The number of nitrogens with zero attached hydrogens (tertiary/aromatic N) is 4. The van der Waals surface area contributed by atoms with Crippen molar-refractivity contribution in [3.8, 4) is 0 Å². The molecule has 0 fully saturated rings. The number of nitrogens with one attached hydrogen (secondary N) is 1.